The first-order valence-electron chi connectivity index (χ1n) is 11.6. The molecule has 4 heteroatoms. The van der Waals surface area contributed by atoms with Crippen LogP contribution in [0.3, 0.4) is 0 Å². The summed E-state index contributed by atoms with van der Waals surface area (Å²) in [5.74, 6) is 6.58. The fourth-order valence-corrected chi connectivity index (χ4v) is 2.77. The van der Waals surface area contributed by atoms with E-state index in [1.807, 2.05) is 27.7 Å². The molecule has 0 aliphatic heterocycles. The van der Waals surface area contributed by atoms with Crippen molar-refractivity contribution in [1.29, 1.82) is 0 Å². The van der Waals surface area contributed by atoms with E-state index in [0.717, 1.165) is 6.42 Å². The average Bonchev–Trinajstić information content (AvgIpc) is 2.48. The minimum absolute atomic E-state index is 0.0717. The molecule has 0 spiro atoms. The van der Waals surface area contributed by atoms with Crippen LogP contribution in [0.25, 0.3) is 0 Å². The Bertz CT molecular complexity index is 687. The molecule has 0 atom stereocenters. The van der Waals surface area contributed by atoms with Crippen LogP contribution in [0, 0.1) is 33.5 Å². The van der Waals surface area contributed by atoms with Crippen LogP contribution >= 0.6 is 0 Å². The van der Waals surface area contributed by atoms with Gasteiger partial charge in [0.1, 0.15) is 5.54 Å². The van der Waals surface area contributed by atoms with Crippen LogP contribution in [0.4, 0.5) is 0 Å². The molecular weight excluding hydrogens is 384 g/mol. The lowest BCUT2D eigenvalue weighted by Gasteiger charge is -2.45. The zero-order valence-electron chi connectivity index (χ0n) is 23.5. The number of hydrogen-bond acceptors (Lipinski definition) is 3. The van der Waals surface area contributed by atoms with Crippen molar-refractivity contribution in [2.75, 3.05) is 0 Å². The molecule has 0 aliphatic rings. The van der Waals surface area contributed by atoms with Gasteiger partial charge in [0, 0.05) is 10.8 Å². The number of hydroxylamine groups is 1. The minimum Gasteiger partial charge on any atom is -0.348 e. The van der Waals surface area contributed by atoms with E-state index in [0.29, 0.717) is 0 Å². The Morgan fingerprint density at radius 3 is 1.58 bits per heavy atom. The fourth-order valence-electron chi connectivity index (χ4n) is 2.77. The van der Waals surface area contributed by atoms with E-state index in [2.05, 4.69) is 106 Å². The first-order valence-corrected chi connectivity index (χ1v) is 11.6. The first-order chi connectivity index (χ1) is 13.2. The molecule has 2 N–H and O–H groups in total. The summed E-state index contributed by atoms with van der Waals surface area (Å²) < 4.78 is 0. The molecule has 0 saturated carbocycles. The van der Waals surface area contributed by atoms with Crippen molar-refractivity contribution in [2.45, 2.75) is 134 Å². The van der Waals surface area contributed by atoms with Crippen LogP contribution in [-0.4, -0.2) is 22.6 Å². The van der Waals surface area contributed by atoms with Gasteiger partial charge in [0.2, 0.25) is 5.91 Å². The van der Waals surface area contributed by atoms with Gasteiger partial charge in [-0.2, -0.15) is 5.48 Å². The zero-order chi connectivity index (χ0) is 25.3. The van der Waals surface area contributed by atoms with E-state index < -0.39 is 22.1 Å². The molecule has 0 bridgehead atoms. The predicted octanol–water partition coefficient (Wildman–Crippen LogP) is 6.50. The third-order valence-corrected chi connectivity index (χ3v) is 6.79. The van der Waals surface area contributed by atoms with Crippen molar-refractivity contribution in [3.05, 3.63) is 0 Å². The Morgan fingerprint density at radius 2 is 1.19 bits per heavy atom. The van der Waals surface area contributed by atoms with Crippen molar-refractivity contribution in [3.63, 3.8) is 0 Å². The van der Waals surface area contributed by atoms with Crippen molar-refractivity contribution in [3.8, 4) is 11.8 Å². The molecule has 0 aromatic heterocycles. The number of nitrogens with one attached hydrogen (secondary N) is 2. The number of carbonyl (C=O) groups is 1. The van der Waals surface area contributed by atoms with Gasteiger partial charge in [-0.3, -0.25) is 9.63 Å². The van der Waals surface area contributed by atoms with E-state index in [9.17, 15) is 4.79 Å². The van der Waals surface area contributed by atoms with Crippen LogP contribution in [0.2, 0.25) is 0 Å². The highest BCUT2D eigenvalue weighted by atomic mass is 16.7. The van der Waals surface area contributed by atoms with Gasteiger partial charge in [-0.25, -0.2) is 0 Å². The lowest BCUT2D eigenvalue weighted by molar-refractivity contribution is -0.158. The lowest BCUT2D eigenvalue weighted by atomic mass is 9.65. The normalized spacial score (nSPS) is 14.7. The first kappa shape index (κ1) is 29.9. The topological polar surface area (TPSA) is 50.4 Å². The molecule has 182 valence electrons. The second-order valence-corrected chi connectivity index (χ2v) is 14.1. The van der Waals surface area contributed by atoms with Crippen molar-refractivity contribution >= 4 is 5.91 Å². The van der Waals surface area contributed by atoms with Gasteiger partial charge in [0.15, 0.2) is 0 Å². The van der Waals surface area contributed by atoms with Crippen LogP contribution in [0.5, 0.6) is 0 Å². The summed E-state index contributed by atoms with van der Waals surface area (Å²) in [5.41, 5.74) is 0.938. The average molecular weight is 437 g/mol. The van der Waals surface area contributed by atoms with Crippen molar-refractivity contribution in [2.24, 2.45) is 21.7 Å². The van der Waals surface area contributed by atoms with E-state index in [1.165, 1.54) is 0 Å². The summed E-state index contributed by atoms with van der Waals surface area (Å²) in [4.78, 5) is 19.3. The number of rotatable bonds is 8. The maximum absolute atomic E-state index is 13.2. The Morgan fingerprint density at radius 1 is 0.742 bits per heavy atom. The van der Waals surface area contributed by atoms with E-state index >= 15 is 0 Å². The van der Waals surface area contributed by atoms with Gasteiger partial charge < -0.3 is 5.32 Å². The molecule has 0 aliphatic carbocycles. The van der Waals surface area contributed by atoms with Gasteiger partial charge in [-0.1, -0.05) is 46.5 Å². The molecule has 1 amide bonds. The molecule has 31 heavy (non-hydrogen) atoms. The quantitative estimate of drug-likeness (QED) is 0.337. The zero-order valence-corrected chi connectivity index (χ0v) is 23.5. The highest BCUT2D eigenvalue weighted by molar-refractivity contribution is 5.86. The molecule has 0 rings (SSSR count). The largest absolute Gasteiger partial charge is 0.348 e. The Kier molecular flexibility index (Phi) is 8.76. The summed E-state index contributed by atoms with van der Waals surface area (Å²) >= 11 is 0. The third-order valence-electron chi connectivity index (χ3n) is 6.79. The smallest absolute Gasteiger partial charge is 0.242 e. The van der Waals surface area contributed by atoms with Crippen LogP contribution in [-0.2, 0) is 9.63 Å². The molecule has 0 heterocycles. The summed E-state index contributed by atoms with van der Waals surface area (Å²) in [5, 5.41) is 3.20. The van der Waals surface area contributed by atoms with Crippen LogP contribution in [0.15, 0.2) is 0 Å². The highest BCUT2D eigenvalue weighted by Gasteiger charge is 2.42. The van der Waals surface area contributed by atoms with E-state index in [1.54, 1.807) is 0 Å². The predicted molar refractivity (Wildman–Crippen MR) is 133 cm³/mol. The maximum Gasteiger partial charge on any atom is 0.242 e. The van der Waals surface area contributed by atoms with Crippen molar-refractivity contribution in [1.82, 2.24) is 10.8 Å². The number of carbonyl (C=O) groups excluding carboxylic acids is 1. The van der Waals surface area contributed by atoms with Gasteiger partial charge >= 0.3 is 0 Å². The van der Waals surface area contributed by atoms with E-state index in [4.69, 9.17) is 4.84 Å². The standard InChI is InChI=1S/C27H52N2O2/c1-21(2,3)17-18-23(7,8)27(15,16)28-20(30)26(13,14)29-31-25(11,12)19-24(9,10)22(4,5)6/h29H,19H2,1-16H3,(H,28,30). The summed E-state index contributed by atoms with van der Waals surface area (Å²) in [6.07, 6.45) is 0.856. The number of amides is 1. The Hall–Kier alpha value is -1.05. The summed E-state index contributed by atoms with van der Waals surface area (Å²) in [7, 11) is 0. The molecular formula is C27H52N2O2. The maximum atomic E-state index is 13.2. The molecule has 0 unspecified atom stereocenters. The third kappa shape index (κ3) is 9.15. The summed E-state index contributed by atoms with van der Waals surface area (Å²) in [6.45, 7) is 33.6. The van der Waals surface area contributed by atoms with Gasteiger partial charge in [-0.05, 0) is 93.4 Å². The van der Waals surface area contributed by atoms with Gasteiger partial charge in [0.05, 0.1) is 11.1 Å². The monoisotopic (exact) mass is 436 g/mol. The van der Waals surface area contributed by atoms with E-state index in [-0.39, 0.29) is 22.2 Å². The molecule has 0 saturated heterocycles. The molecule has 4 nitrogen and oxygen atoms in total. The summed E-state index contributed by atoms with van der Waals surface area (Å²) in [6, 6.07) is 0. The van der Waals surface area contributed by atoms with Crippen LogP contribution in [0.1, 0.15) is 117 Å². The molecule has 0 radical (unpaired) electrons. The molecule has 0 aromatic rings. The van der Waals surface area contributed by atoms with Crippen molar-refractivity contribution < 1.29 is 9.63 Å². The second-order valence-electron chi connectivity index (χ2n) is 14.1. The highest BCUT2D eigenvalue weighted by Crippen LogP contribution is 2.44. The minimum atomic E-state index is -0.895. The molecule has 0 aromatic carbocycles. The fraction of sp³-hybridized carbons (Fsp3) is 0.889. The Labute approximate surface area is 194 Å². The number of hydrogen-bond donors (Lipinski definition) is 2. The Balaban J connectivity index is 5.33. The lowest BCUT2D eigenvalue weighted by Crippen LogP contribution is -2.62. The van der Waals surface area contributed by atoms with Gasteiger partial charge in [-0.15, -0.1) is 0 Å². The SMILES string of the molecule is CC(C)(C)C#CC(C)(C)C(C)(C)NC(=O)C(C)(C)NOC(C)(C)CC(C)(C)C(C)(C)C. The van der Waals surface area contributed by atoms with Crippen LogP contribution < -0.4 is 10.8 Å². The van der Waals surface area contributed by atoms with Gasteiger partial charge in [0.25, 0.3) is 0 Å². The second kappa shape index (κ2) is 9.06. The molecule has 0 fully saturated rings.